The zero-order valence-electron chi connectivity index (χ0n) is 12.4. The topological polar surface area (TPSA) is 50.7 Å². The van der Waals surface area contributed by atoms with Gasteiger partial charge in [0.2, 0.25) is 0 Å². The van der Waals surface area contributed by atoms with Gasteiger partial charge in [-0.3, -0.25) is 0 Å². The second kappa shape index (κ2) is 9.21. The lowest BCUT2D eigenvalue weighted by Crippen LogP contribution is -2.15. The molecule has 114 valence electrons. The summed E-state index contributed by atoms with van der Waals surface area (Å²) in [4.78, 5) is 0. The van der Waals surface area contributed by atoms with Crippen LogP contribution in [-0.4, -0.2) is 32.0 Å². The molecule has 1 atom stereocenters. The smallest absolute Gasteiger partial charge is 0.175 e. The van der Waals surface area contributed by atoms with Gasteiger partial charge in [-0.2, -0.15) is 0 Å². The lowest BCUT2D eigenvalue weighted by Gasteiger charge is -2.16. The van der Waals surface area contributed by atoms with Crippen molar-refractivity contribution in [1.82, 2.24) is 5.32 Å². The number of methoxy groups -OCH3 is 1. The third-order valence-electron chi connectivity index (χ3n) is 2.87. The Labute approximate surface area is 129 Å². The van der Waals surface area contributed by atoms with Gasteiger partial charge in [-0.1, -0.05) is 13.8 Å². The first-order valence-electron chi connectivity index (χ1n) is 6.93. The van der Waals surface area contributed by atoms with Crippen molar-refractivity contribution in [1.29, 1.82) is 0 Å². The highest BCUT2D eigenvalue weighted by atomic mass is 79.9. The van der Waals surface area contributed by atoms with Crippen LogP contribution in [0.2, 0.25) is 0 Å². The molecule has 0 aliphatic rings. The predicted molar refractivity (Wildman–Crippen MR) is 84.4 cm³/mol. The van der Waals surface area contributed by atoms with Gasteiger partial charge in [0.05, 0.1) is 18.2 Å². The number of ether oxygens (including phenoxy) is 2. The van der Waals surface area contributed by atoms with E-state index in [4.69, 9.17) is 14.6 Å². The Bertz CT molecular complexity index is 412. The lowest BCUT2D eigenvalue weighted by molar-refractivity contribution is 0.170. The Hall–Kier alpha value is -0.780. The summed E-state index contributed by atoms with van der Waals surface area (Å²) in [5, 5.41) is 12.4. The van der Waals surface area contributed by atoms with Gasteiger partial charge in [-0.05, 0) is 46.6 Å². The van der Waals surface area contributed by atoms with Crippen LogP contribution in [0.4, 0.5) is 0 Å². The van der Waals surface area contributed by atoms with Crippen molar-refractivity contribution in [2.45, 2.75) is 26.8 Å². The summed E-state index contributed by atoms with van der Waals surface area (Å²) in [6.07, 6.45) is 1.11. The van der Waals surface area contributed by atoms with Crippen molar-refractivity contribution < 1.29 is 14.6 Å². The van der Waals surface area contributed by atoms with Crippen molar-refractivity contribution in [3.05, 3.63) is 22.2 Å². The maximum Gasteiger partial charge on any atom is 0.175 e. The molecule has 20 heavy (non-hydrogen) atoms. The number of benzene rings is 1. The Morgan fingerprint density at radius 1 is 1.40 bits per heavy atom. The van der Waals surface area contributed by atoms with Crippen molar-refractivity contribution >= 4 is 15.9 Å². The van der Waals surface area contributed by atoms with Crippen molar-refractivity contribution in [2.24, 2.45) is 5.92 Å². The van der Waals surface area contributed by atoms with Crippen LogP contribution in [0.25, 0.3) is 0 Å². The minimum absolute atomic E-state index is 0.0949. The summed E-state index contributed by atoms with van der Waals surface area (Å²) >= 11 is 3.52. The molecule has 0 spiro atoms. The maximum atomic E-state index is 9.04. The van der Waals surface area contributed by atoms with Crippen molar-refractivity contribution in [2.75, 3.05) is 26.9 Å². The number of hydrogen-bond donors (Lipinski definition) is 2. The van der Waals surface area contributed by atoms with E-state index in [2.05, 4.69) is 28.2 Å². The van der Waals surface area contributed by atoms with E-state index in [9.17, 15) is 0 Å². The first-order valence-corrected chi connectivity index (χ1v) is 7.72. The number of nitrogens with one attached hydrogen (secondary N) is 1. The largest absolute Gasteiger partial charge is 0.493 e. The maximum absolute atomic E-state index is 9.04. The summed E-state index contributed by atoms with van der Waals surface area (Å²) in [5.74, 6) is 1.49. The highest BCUT2D eigenvalue weighted by Gasteiger charge is 2.13. The number of rotatable bonds is 9. The molecule has 0 aromatic heterocycles. The van der Waals surface area contributed by atoms with Crippen LogP contribution in [0.3, 0.4) is 0 Å². The molecule has 2 N–H and O–H groups in total. The van der Waals surface area contributed by atoms with Crippen LogP contribution in [-0.2, 0) is 6.54 Å². The van der Waals surface area contributed by atoms with E-state index in [-0.39, 0.29) is 12.5 Å². The van der Waals surface area contributed by atoms with E-state index in [0.29, 0.717) is 18.1 Å². The first-order chi connectivity index (χ1) is 9.62. The minimum Gasteiger partial charge on any atom is -0.493 e. The van der Waals surface area contributed by atoms with Crippen molar-refractivity contribution in [3.8, 4) is 11.5 Å². The molecule has 0 saturated carbocycles. The summed E-state index contributed by atoms with van der Waals surface area (Å²) in [6.45, 7) is 6.44. The molecule has 1 unspecified atom stereocenters. The summed E-state index contributed by atoms with van der Waals surface area (Å²) in [5.41, 5.74) is 1.14. The molecule has 0 aliphatic carbocycles. The average molecular weight is 346 g/mol. The number of aliphatic hydroxyl groups is 1. The van der Waals surface area contributed by atoms with E-state index >= 15 is 0 Å². The Kier molecular flexibility index (Phi) is 7.95. The van der Waals surface area contributed by atoms with Crippen LogP contribution in [0, 0.1) is 5.92 Å². The molecule has 1 rings (SSSR count). The van der Waals surface area contributed by atoms with Gasteiger partial charge in [-0.25, -0.2) is 0 Å². The van der Waals surface area contributed by atoms with E-state index in [1.807, 2.05) is 19.1 Å². The predicted octanol–water partition coefficient (Wildman–Crippen LogP) is 2.96. The Morgan fingerprint density at radius 2 is 2.15 bits per heavy atom. The molecular weight excluding hydrogens is 322 g/mol. The lowest BCUT2D eigenvalue weighted by atomic mass is 10.2. The molecule has 1 aromatic rings. The Balaban J connectivity index is 2.79. The monoisotopic (exact) mass is 345 g/mol. The fraction of sp³-hybridized carbons (Fsp3) is 0.600. The molecule has 0 fully saturated rings. The van der Waals surface area contributed by atoms with Gasteiger partial charge in [0.25, 0.3) is 0 Å². The fourth-order valence-corrected chi connectivity index (χ4v) is 2.31. The van der Waals surface area contributed by atoms with Gasteiger partial charge in [0, 0.05) is 19.1 Å². The second-order valence-corrected chi connectivity index (χ2v) is 5.74. The minimum atomic E-state index is 0.0949. The van der Waals surface area contributed by atoms with Gasteiger partial charge < -0.3 is 19.9 Å². The standard InChI is InChI=1S/C15H24BrNO3/c1-4-5-17-8-12-6-13(16)15(14(7-12)19-3)20-10-11(2)9-18/h6-7,11,17-18H,4-5,8-10H2,1-3H3. The average Bonchev–Trinajstić information content (AvgIpc) is 2.45. The molecule has 0 bridgehead atoms. The Morgan fingerprint density at radius 3 is 2.75 bits per heavy atom. The molecule has 0 aliphatic heterocycles. The third kappa shape index (κ3) is 5.31. The number of halogens is 1. The molecule has 0 radical (unpaired) electrons. The normalized spacial score (nSPS) is 12.2. The summed E-state index contributed by atoms with van der Waals surface area (Å²) < 4.78 is 12.0. The van der Waals surface area contributed by atoms with Crippen LogP contribution in [0.5, 0.6) is 11.5 Å². The number of hydrogen-bond acceptors (Lipinski definition) is 4. The second-order valence-electron chi connectivity index (χ2n) is 4.88. The first kappa shape index (κ1) is 17.3. The molecule has 0 heterocycles. The summed E-state index contributed by atoms with van der Waals surface area (Å²) in [7, 11) is 1.63. The fourth-order valence-electron chi connectivity index (χ4n) is 1.70. The van der Waals surface area contributed by atoms with Gasteiger partial charge in [0.1, 0.15) is 0 Å². The van der Waals surface area contributed by atoms with E-state index in [0.717, 1.165) is 29.5 Å². The zero-order chi connectivity index (χ0) is 15.0. The van der Waals surface area contributed by atoms with E-state index < -0.39 is 0 Å². The molecule has 0 amide bonds. The molecule has 0 saturated heterocycles. The third-order valence-corrected chi connectivity index (χ3v) is 3.46. The highest BCUT2D eigenvalue weighted by Crippen LogP contribution is 2.36. The van der Waals surface area contributed by atoms with Crippen LogP contribution in [0.1, 0.15) is 25.8 Å². The molecule has 1 aromatic carbocycles. The highest BCUT2D eigenvalue weighted by molar-refractivity contribution is 9.10. The summed E-state index contributed by atoms with van der Waals surface area (Å²) in [6, 6.07) is 4.01. The molecular formula is C15H24BrNO3. The van der Waals surface area contributed by atoms with E-state index in [1.165, 1.54) is 0 Å². The zero-order valence-corrected chi connectivity index (χ0v) is 14.0. The van der Waals surface area contributed by atoms with Gasteiger partial charge >= 0.3 is 0 Å². The number of aliphatic hydroxyl groups excluding tert-OH is 1. The quantitative estimate of drug-likeness (QED) is 0.675. The van der Waals surface area contributed by atoms with Gasteiger partial charge in [-0.15, -0.1) is 0 Å². The van der Waals surface area contributed by atoms with Crippen LogP contribution >= 0.6 is 15.9 Å². The SMILES string of the molecule is CCCNCc1cc(Br)c(OCC(C)CO)c(OC)c1. The molecule has 4 nitrogen and oxygen atoms in total. The molecule has 5 heteroatoms. The van der Waals surface area contributed by atoms with Crippen molar-refractivity contribution in [3.63, 3.8) is 0 Å². The van der Waals surface area contributed by atoms with Gasteiger partial charge in [0.15, 0.2) is 11.5 Å². The van der Waals surface area contributed by atoms with E-state index in [1.54, 1.807) is 7.11 Å². The van der Waals surface area contributed by atoms with Crippen LogP contribution < -0.4 is 14.8 Å². The van der Waals surface area contributed by atoms with Crippen LogP contribution in [0.15, 0.2) is 16.6 Å².